The molecule has 0 aromatic carbocycles. The van der Waals surface area contributed by atoms with Crippen molar-refractivity contribution in [3.63, 3.8) is 0 Å². The molecule has 1 aromatic rings. The molecule has 0 radical (unpaired) electrons. The van der Waals surface area contributed by atoms with Crippen LogP contribution in [0.1, 0.15) is 24.3 Å². The summed E-state index contributed by atoms with van der Waals surface area (Å²) in [5.74, 6) is -0.243. The number of morpholine rings is 1. The molecule has 1 aromatic heterocycles. The van der Waals surface area contributed by atoms with Crippen LogP contribution in [-0.2, 0) is 11.8 Å². The van der Waals surface area contributed by atoms with Gasteiger partial charge < -0.3 is 14.7 Å². The van der Waals surface area contributed by atoms with Crippen molar-refractivity contribution in [1.29, 1.82) is 0 Å². The number of carboxylic acids is 1. The molecule has 1 N–H and O–H groups in total. The van der Waals surface area contributed by atoms with E-state index in [-0.39, 0.29) is 11.7 Å². The van der Waals surface area contributed by atoms with E-state index in [9.17, 15) is 4.79 Å². The molecule has 0 saturated carbocycles. The molecule has 7 heteroatoms. The van der Waals surface area contributed by atoms with E-state index in [1.165, 1.54) is 10.9 Å². The van der Waals surface area contributed by atoms with Crippen molar-refractivity contribution in [3.05, 3.63) is 11.9 Å². The van der Waals surface area contributed by atoms with E-state index >= 15 is 0 Å². The predicted octanol–water partition coefficient (Wildman–Crippen LogP) is 0.889. The molecule has 104 valence electrons. The van der Waals surface area contributed by atoms with Crippen LogP contribution >= 0.6 is 0 Å². The maximum absolute atomic E-state index is 11.2. The Morgan fingerprint density at radius 2 is 2.37 bits per heavy atom. The van der Waals surface area contributed by atoms with Gasteiger partial charge in [-0.1, -0.05) is 0 Å². The molecule has 7 nitrogen and oxygen atoms in total. The lowest BCUT2D eigenvalue weighted by molar-refractivity contribution is 0.0330. The highest BCUT2D eigenvalue weighted by Crippen LogP contribution is 2.19. The number of nitrogens with zero attached hydrogens (tertiary/aromatic N) is 4. The Balaban J connectivity index is 2.27. The van der Waals surface area contributed by atoms with Gasteiger partial charge in [0.2, 0.25) is 0 Å². The van der Waals surface area contributed by atoms with Crippen LogP contribution in [0.2, 0.25) is 0 Å². The third-order valence-electron chi connectivity index (χ3n) is 3.19. The van der Waals surface area contributed by atoms with E-state index in [0.717, 1.165) is 12.4 Å². The van der Waals surface area contributed by atoms with Crippen molar-refractivity contribution < 1.29 is 14.6 Å². The van der Waals surface area contributed by atoms with Gasteiger partial charge in [-0.15, -0.1) is 0 Å². The van der Waals surface area contributed by atoms with Gasteiger partial charge in [-0.2, -0.15) is 5.10 Å². The Kier molecular flexibility index (Phi) is 3.84. The lowest BCUT2D eigenvalue weighted by Gasteiger charge is -2.34. The average molecular weight is 266 g/mol. The molecule has 0 bridgehead atoms. The number of hydrogen-bond acceptors (Lipinski definition) is 4. The summed E-state index contributed by atoms with van der Waals surface area (Å²) >= 11 is 0. The van der Waals surface area contributed by atoms with Crippen LogP contribution in [0.4, 0.5) is 5.69 Å². The van der Waals surface area contributed by atoms with E-state index in [2.05, 4.69) is 21.9 Å². The van der Waals surface area contributed by atoms with Gasteiger partial charge in [0.15, 0.2) is 5.69 Å². The monoisotopic (exact) mass is 266 g/mol. The SMILES string of the molecule is CC(=Nc1cnn(C)c1C(=O)O)N1CCOCC1C. The molecule has 0 spiro atoms. The van der Waals surface area contributed by atoms with E-state index < -0.39 is 5.97 Å². The maximum atomic E-state index is 11.2. The van der Waals surface area contributed by atoms with Crippen LogP contribution in [0.15, 0.2) is 11.2 Å². The first-order valence-corrected chi connectivity index (χ1v) is 6.15. The standard InChI is InChI=1S/C12H18N4O3/c1-8-7-19-5-4-16(8)9(2)14-10-6-13-15(3)11(10)12(17)18/h6,8H,4-5,7H2,1-3H3,(H,17,18). The molecular formula is C12H18N4O3. The minimum atomic E-state index is -1.03. The highest BCUT2D eigenvalue weighted by molar-refractivity contribution is 5.93. The van der Waals surface area contributed by atoms with Crippen LogP contribution in [0.25, 0.3) is 0 Å². The van der Waals surface area contributed by atoms with Crippen molar-refractivity contribution in [1.82, 2.24) is 14.7 Å². The number of aryl methyl sites for hydroxylation is 1. The summed E-state index contributed by atoms with van der Waals surface area (Å²) in [6.07, 6.45) is 1.47. The fraction of sp³-hybridized carbons (Fsp3) is 0.583. The molecule has 1 unspecified atom stereocenters. The fourth-order valence-corrected chi connectivity index (χ4v) is 2.20. The summed E-state index contributed by atoms with van der Waals surface area (Å²) in [6.45, 7) is 6.01. The first-order chi connectivity index (χ1) is 9.00. The molecule has 2 rings (SSSR count). The van der Waals surface area contributed by atoms with Gasteiger partial charge in [-0.3, -0.25) is 4.68 Å². The number of ether oxygens (including phenoxy) is 1. The van der Waals surface area contributed by atoms with Gasteiger partial charge in [0, 0.05) is 13.6 Å². The lowest BCUT2D eigenvalue weighted by atomic mass is 10.2. The molecular weight excluding hydrogens is 248 g/mol. The lowest BCUT2D eigenvalue weighted by Crippen LogP contribution is -2.46. The van der Waals surface area contributed by atoms with Crippen molar-refractivity contribution in [2.24, 2.45) is 12.0 Å². The van der Waals surface area contributed by atoms with Crippen LogP contribution in [0, 0.1) is 0 Å². The fourth-order valence-electron chi connectivity index (χ4n) is 2.20. The molecule has 19 heavy (non-hydrogen) atoms. The zero-order chi connectivity index (χ0) is 14.0. The normalized spacial score (nSPS) is 20.7. The van der Waals surface area contributed by atoms with Gasteiger partial charge >= 0.3 is 5.97 Å². The Morgan fingerprint density at radius 3 is 3.00 bits per heavy atom. The Hall–Kier alpha value is -1.89. The molecule has 0 aliphatic carbocycles. The van der Waals surface area contributed by atoms with Crippen molar-refractivity contribution in [2.75, 3.05) is 19.8 Å². The number of aromatic carboxylic acids is 1. The van der Waals surface area contributed by atoms with Crippen molar-refractivity contribution in [3.8, 4) is 0 Å². The summed E-state index contributed by atoms with van der Waals surface area (Å²) in [7, 11) is 1.59. The van der Waals surface area contributed by atoms with Crippen molar-refractivity contribution in [2.45, 2.75) is 19.9 Å². The molecule has 1 saturated heterocycles. The van der Waals surface area contributed by atoms with Gasteiger partial charge in [0.05, 0.1) is 25.5 Å². The maximum Gasteiger partial charge on any atom is 0.356 e. The first kappa shape index (κ1) is 13.5. The van der Waals surface area contributed by atoms with Crippen LogP contribution in [0.3, 0.4) is 0 Å². The Labute approximate surface area is 111 Å². The van der Waals surface area contributed by atoms with Crippen molar-refractivity contribution >= 4 is 17.5 Å². The summed E-state index contributed by atoms with van der Waals surface area (Å²) in [6, 6.07) is 0.238. The number of carboxylic acid groups (broad SMARTS) is 1. The molecule has 0 amide bonds. The number of rotatable bonds is 2. The highest BCUT2D eigenvalue weighted by Gasteiger charge is 2.21. The topological polar surface area (TPSA) is 80.0 Å². The van der Waals surface area contributed by atoms with Crippen LogP contribution in [0.5, 0.6) is 0 Å². The second-order valence-corrected chi connectivity index (χ2v) is 4.58. The number of aromatic nitrogens is 2. The second-order valence-electron chi connectivity index (χ2n) is 4.58. The summed E-state index contributed by atoms with van der Waals surface area (Å²) in [5.41, 5.74) is 0.478. The predicted molar refractivity (Wildman–Crippen MR) is 69.9 cm³/mol. The zero-order valence-corrected chi connectivity index (χ0v) is 11.3. The van der Waals surface area contributed by atoms with Gasteiger partial charge in [-0.25, -0.2) is 9.79 Å². The minimum absolute atomic E-state index is 0.0975. The molecule has 2 heterocycles. The third-order valence-corrected chi connectivity index (χ3v) is 3.19. The molecule has 1 aliphatic heterocycles. The third kappa shape index (κ3) is 2.76. The van der Waals surface area contributed by atoms with Gasteiger partial charge in [-0.05, 0) is 13.8 Å². The first-order valence-electron chi connectivity index (χ1n) is 6.15. The van der Waals surface area contributed by atoms with E-state index in [1.54, 1.807) is 7.05 Å². The quantitative estimate of drug-likeness (QED) is 0.635. The highest BCUT2D eigenvalue weighted by atomic mass is 16.5. The number of aliphatic imine (C=N–C) groups is 1. The Bertz CT molecular complexity index is 509. The number of hydrogen-bond donors (Lipinski definition) is 1. The minimum Gasteiger partial charge on any atom is -0.476 e. The van der Waals surface area contributed by atoms with E-state index in [0.29, 0.717) is 18.9 Å². The van der Waals surface area contributed by atoms with Gasteiger partial charge in [0.25, 0.3) is 0 Å². The molecule has 1 fully saturated rings. The van der Waals surface area contributed by atoms with Crippen LogP contribution < -0.4 is 0 Å². The molecule has 1 atom stereocenters. The van der Waals surface area contributed by atoms with Gasteiger partial charge in [0.1, 0.15) is 11.5 Å². The summed E-state index contributed by atoms with van der Waals surface area (Å²) in [5, 5.41) is 13.1. The summed E-state index contributed by atoms with van der Waals surface area (Å²) < 4.78 is 6.69. The second kappa shape index (κ2) is 5.40. The number of carbonyl (C=O) groups is 1. The Morgan fingerprint density at radius 1 is 1.63 bits per heavy atom. The van der Waals surface area contributed by atoms with Crippen LogP contribution in [-0.4, -0.2) is 57.4 Å². The largest absolute Gasteiger partial charge is 0.476 e. The summed E-state index contributed by atoms with van der Waals surface area (Å²) in [4.78, 5) is 17.7. The molecule has 1 aliphatic rings. The zero-order valence-electron chi connectivity index (χ0n) is 11.3. The average Bonchev–Trinajstić information content (AvgIpc) is 2.70. The smallest absolute Gasteiger partial charge is 0.356 e. The van der Waals surface area contributed by atoms with E-state index in [1.807, 2.05) is 6.92 Å². The van der Waals surface area contributed by atoms with E-state index in [4.69, 9.17) is 9.84 Å². The number of amidine groups is 1.